The van der Waals surface area contributed by atoms with E-state index in [-0.39, 0.29) is 18.4 Å². The molecule has 0 saturated carbocycles. The van der Waals surface area contributed by atoms with Crippen LogP contribution in [0.3, 0.4) is 0 Å². The zero-order valence-electron chi connectivity index (χ0n) is 13.2. The molecule has 2 amide bonds. The third-order valence-corrected chi connectivity index (χ3v) is 4.14. The molecule has 0 radical (unpaired) electrons. The number of nitrogens with zero attached hydrogens (tertiary/aromatic N) is 1. The van der Waals surface area contributed by atoms with Crippen molar-refractivity contribution in [1.29, 1.82) is 0 Å². The van der Waals surface area contributed by atoms with Crippen molar-refractivity contribution in [2.24, 2.45) is 0 Å². The molecule has 0 atom stereocenters. The number of carbonyl (C=O) groups excluding carboxylic acids is 2. The first kappa shape index (κ1) is 16.3. The highest BCUT2D eigenvalue weighted by atomic mass is 35.5. The van der Waals surface area contributed by atoms with E-state index in [4.69, 9.17) is 16.3 Å². The number of benzene rings is 2. The van der Waals surface area contributed by atoms with Crippen LogP contribution in [0, 0.1) is 0 Å². The quantitative estimate of drug-likeness (QED) is 0.927. The molecule has 0 saturated heterocycles. The molecule has 24 heavy (non-hydrogen) atoms. The van der Waals surface area contributed by atoms with Crippen molar-refractivity contribution >= 4 is 29.1 Å². The largest absolute Gasteiger partial charge is 0.481 e. The van der Waals surface area contributed by atoms with Crippen LogP contribution in [0.25, 0.3) is 0 Å². The Hall–Kier alpha value is -2.53. The number of nitrogens with one attached hydrogen (secondary N) is 1. The summed E-state index contributed by atoms with van der Waals surface area (Å²) in [5.41, 5.74) is 2.09. The van der Waals surface area contributed by atoms with E-state index in [1.54, 1.807) is 25.2 Å². The molecule has 124 valence electrons. The molecule has 0 unspecified atom stereocenters. The van der Waals surface area contributed by atoms with Gasteiger partial charge < -0.3 is 15.0 Å². The van der Waals surface area contributed by atoms with Crippen molar-refractivity contribution in [2.75, 3.05) is 25.1 Å². The Balaban J connectivity index is 1.69. The molecule has 0 bridgehead atoms. The minimum atomic E-state index is -0.225. The lowest BCUT2D eigenvalue weighted by Crippen LogP contribution is -2.36. The zero-order valence-corrected chi connectivity index (χ0v) is 14.0. The summed E-state index contributed by atoms with van der Waals surface area (Å²) in [7, 11) is 1.67. The van der Waals surface area contributed by atoms with Crippen LogP contribution in [0.1, 0.15) is 15.9 Å². The van der Waals surface area contributed by atoms with Gasteiger partial charge in [-0.1, -0.05) is 29.8 Å². The maximum absolute atomic E-state index is 12.4. The maximum atomic E-state index is 12.4. The molecule has 1 heterocycles. The van der Waals surface area contributed by atoms with Crippen LogP contribution in [0.2, 0.25) is 5.02 Å². The van der Waals surface area contributed by atoms with Crippen LogP contribution < -0.4 is 15.0 Å². The Bertz CT molecular complexity index is 792. The van der Waals surface area contributed by atoms with Crippen LogP contribution in [-0.4, -0.2) is 32.0 Å². The van der Waals surface area contributed by atoms with Crippen LogP contribution >= 0.6 is 11.6 Å². The summed E-state index contributed by atoms with van der Waals surface area (Å²) in [5, 5.41) is 3.56. The van der Waals surface area contributed by atoms with Gasteiger partial charge in [0.15, 0.2) is 12.4 Å². The lowest BCUT2D eigenvalue weighted by molar-refractivity contribution is -0.121. The Morgan fingerprint density at radius 1 is 1.29 bits per heavy atom. The second kappa shape index (κ2) is 6.93. The van der Waals surface area contributed by atoms with Crippen molar-refractivity contribution in [3.8, 4) is 5.75 Å². The summed E-state index contributed by atoms with van der Waals surface area (Å²) in [4.78, 5) is 25.6. The number of hydrogen-bond acceptors (Lipinski definition) is 3. The smallest absolute Gasteiger partial charge is 0.264 e. The number of carbonyl (C=O) groups is 2. The molecule has 2 aromatic rings. The molecular weight excluding hydrogens is 328 g/mol. The number of hydrogen-bond donors (Lipinski definition) is 1. The Morgan fingerprint density at radius 3 is 2.88 bits per heavy atom. The molecule has 0 fully saturated rings. The molecule has 6 heteroatoms. The summed E-state index contributed by atoms with van der Waals surface area (Å²) in [6, 6.07) is 12.7. The van der Waals surface area contributed by atoms with Crippen LogP contribution in [-0.2, 0) is 11.2 Å². The van der Waals surface area contributed by atoms with E-state index in [9.17, 15) is 9.59 Å². The van der Waals surface area contributed by atoms with E-state index in [0.717, 1.165) is 5.56 Å². The third-order valence-electron chi connectivity index (χ3n) is 3.90. The standard InChI is InChI=1S/C18H17ClN2O3/c1-21-15-7-3-6-14(17(15)24-11-16(21)22)18(23)20-9-8-12-4-2-5-13(19)10-12/h2-7,10H,8-9,11H2,1H3,(H,20,23). The number of halogens is 1. The number of ether oxygens (including phenoxy) is 1. The maximum Gasteiger partial charge on any atom is 0.264 e. The fraction of sp³-hybridized carbons (Fsp3) is 0.222. The first-order valence-corrected chi connectivity index (χ1v) is 7.99. The predicted molar refractivity (Wildman–Crippen MR) is 92.8 cm³/mol. The molecule has 1 aliphatic rings. The van der Waals surface area contributed by atoms with E-state index in [1.165, 1.54) is 4.90 Å². The van der Waals surface area contributed by atoms with Crippen molar-refractivity contribution in [3.05, 3.63) is 58.6 Å². The molecular formula is C18H17ClN2O3. The lowest BCUT2D eigenvalue weighted by Gasteiger charge is -2.27. The highest BCUT2D eigenvalue weighted by Gasteiger charge is 2.26. The summed E-state index contributed by atoms with van der Waals surface area (Å²) in [6.45, 7) is 0.425. The number of amides is 2. The molecule has 3 rings (SSSR count). The summed E-state index contributed by atoms with van der Waals surface area (Å²) in [5.74, 6) is 0.0810. The second-order valence-electron chi connectivity index (χ2n) is 5.53. The minimum absolute atomic E-state index is 0.0592. The minimum Gasteiger partial charge on any atom is -0.481 e. The van der Waals surface area contributed by atoms with E-state index >= 15 is 0 Å². The lowest BCUT2D eigenvalue weighted by atomic mass is 10.1. The van der Waals surface area contributed by atoms with E-state index in [0.29, 0.717) is 35.0 Å². The molecule has 2 aromatic carbocycles. The van der Waals surface area contributed by atoms with E-state index in [2.05, 4.69) is 5.32 Å². The van der Waals surface area contributed by atoms with Gasteiger partial charge in [0.25, 0.3) is 11.8 Å². The molecule has 1 N–H and O–H groups in total. The zero-order chi connectivity index (χ0) is 17.1. The monoisotopic (exact) mass is 344 g/mol. The van der Waals surface area contributed by atoms with Crippen LogP contribution in [0.5, 0.6) is 5.75 Å². The van der Waals surface area contributed by atoms with Crippen molar-refractivity contribution < 1.29 is 14.3 Å². The predicted octanol–water partition coefficient (Wildman–Crippen LogP) is 2.67. The highest BCUT2D eigenvalue weighted by Crippen LogP contribution is 2.34. The van der Waals surface area contributed by atoms with Gasteiger partial charge in [0.2, 0.25) is 0 Å². The van der Waals surface area contributed by atoms with Gasteiger partial charge in [0.05, 0.1) is 11.3 Å². The number of anilines is 1. The first-order chi connectivity index (χ1) is 11.6. The number of fused-ring (bicyclic) bond motifs is 1. The number of para-hydroxylation sites is 1. The Morgan fingerprint density at radius 2 is 2.08 bits per heavy atom. The normalized spacial score (nSPS) is 13.2. The van der Waals surface area contributed by atoms with Crippen LogP contribution in [0.4, 0.5) is 5.69 Å². The van der Waals surface area contributed by atoms with Gasteiger partial charge in [0, 0.05) is 18.6 Å². The van der Waals surface area contributed by atoms with Gasteiger partial charge in [-0.15, -0.1) is 0 Å². The van der Waals surface area contributed by atoms with E-state index < -0.39 is 0 Å². The molecule has 0 aromatic heterocycles. The SMILES string of the molecule is CN1C(=O)COc2c(C(=O)NCCc3cccc(Cl)c3)cccc21. The summed E-state index contributed by atoms with van der Waals surface area (Å²) < 4.78 is 5.47. The van der Waals surface area contributed by atoms with Gasteiger partial charge in [-0.2, -0.15) is 0 Å². The van der Waals surface area contributed by atoms with Crippen LogP contribution in [0.15, 0.2) is 42.5 Å². The van der Waals surface area contributed by atoms with Crippen molar-refractivity contribution in [3.63, 3.8) is 0 Å². The molecule has 1 aliphatic heterocycles. The Labute approximate surface area is 145 Å². The summed E-state index contributed by atoms with van der Waals surface area (Å²) in [6.07, 6.45) is 0.681. The van der Waals surface area contributed by atoms with Crippen molar-refractivity contribution in [1.82, 2.24) is 5.32 Å². The van der Waals surface area contributed by atoms with Gasteiger partial charge in [-0.25, -0.2) is 0 Å². The number of likely N-dealkylation sites (N-methyl/N-ethyl adjacent to an activating group) is 1. The highest BCUT2D eigenvalue weighted by molar-refractivity contribution is 6.30. The van der Waals surface area contributed by atoms with Gasteiger partial charge in [-0.05, 0) is 36.2 Å². The first-order valence-electron chi connectivity index (χ1n) is 7.61. The molecule has 0 aliphatic carbocycles. The fourth-order valence-electron chi connectivity index (χ4n) is 2.59. The topological polar surface area (TPSA) is 58.6 Å². The average Bonchev–Trinajstić information content (AvgIpc) is 2.58. The van der Waals surface area contributed by atoms with Gasteiger partial charge >= 0.3 is 0 Å². The average molecular weight is 345 g/mol. The fourth-order valence-corrected chi connectivity index (χ4v) is 2.81. The Kier molecular flexibility index (Phi) is 4.71. The second-order valence-corrected chi connectivity index (χ2v) is 5.97. The molecule has 5 nitrogen and oxygen atoms in total. The molecule has 0 spiro atoms. The van der Waals surface area contributed by atoms with Crippen molar-refractivity contribution in [2.45, 2.75) is 6.42 Å². The third kappa shape index (κ3) is 3.36. The van der Waals surface area contributed by atoms with Gasteiger partial charge in [0.1, 0.15) is 0 Å². The number of rotatable bonds is 4. The summed E-state index contributed by atoms with van der Waals surface area (Å²) >= 11 is 5.95. The van der Waals surface area contributed by atoms with Gasteiger partial charge in [-0.3, -0.25) is 9.59 Å². The van der Waals surface area contributed by atoms with E-state index in [1.807, 2.05) is 24.3 Å².